The van der Waals surface area contributed by atoms with Gasteiger partial charge in [-0.2, -0.15) is 0 Å². The number of esters is 2. The molecule has 0 heterocycles. The first kappa shape index (κ1) is 22.8. The molecule has 5 nitrogen and oxygen atoms in total. The molecule has 0 radical (unpaired) electrons. The smallest absolute Gasteiger partial charge is 0.334 e. The fourth-order valence-corrected chi connectivity index (χ4v) is 2.98. The van der Waals surface area contributed by atoms with E-state index < -0.39 is 11.9 Å². The van der Waals surface area contributed by atoms with Crippen LogP contribution in [0.5, 0.6) is 5.75 Å². The van der Waals surface area contributed by atoms with Crippen molar-refractivity contribution in [3.05, 3.63) is 113 Å². The Kier molecular flexibility index (Phi) is 8.63. The average molecular weight is 431 g/mol. The molecule has 0 aliphatic rings. The van der Waals surface area contributed by atoms with Crippen molar-refractivity contribution in [3.8, 4) is 5.75 Å². The van der Waals surface area contributed by atoms with Crippen molar-refractivity contribution in [3.63, 3.8) is 0 Å². The van der Waals surface area contributed by atoms with E-state index in [2.05, 4.69) is 0 Å². The summed E-state index contributed by atoms with van der Waals surface area (Å²) in [6.45, 7) is 2.56. The highest BCUT2D eigenvalue weighted by atomic mass is 16.5. The van der Waals surface area contributed by atoms with Crippen LogP contribution in [-0.2, 0) is 38.7 Å². The Hall–Kier alpha value is -3.86. The molecule has 164 valence electrons. The van der Waals surface area contributed by atoms with Gasteiger partial charge in [0.25, 0.3) is 0 Å². The van der Waals surface area contributed by atoms with E-state index in [-0.39, 0.29) is 25.2 Å². The van der Waals surface area contributed by atoms with Crippen LogP contribution in [0.2, 0.25) is 0 Å². The molecule has 0 bridgehead atoms. The second-order valence-electron chi connectivity index (χ2n) is 7.08. The molecule has 0 fully saturated rings. The molecule has 32 heavy (non-hydrogen) atoms. The minimum absolute atomic E-state index is 0.139. The minimum Gasteiger partial charge on any atom is -0.489 e. The highest BCUT2D eigenvalue weighted by molar-refractivity contribution is 5.96. The van der Waals surface area contributed by atoms with Gasteiger partial charge in [-0.1, -0.05) is 72.8 Å². The van der Waals surface area contributed by atoms with Crippen LogP contribution in [0, 0.1) is 0 Å². The maximum atomic E-state index is 12.4. The minimum atomic E-state index is -0.584. The third-order valence-corrected chi connectivity index (χ3v) is 4.62. The monoisotopic (exact) mass is 430 g/mol. The third kappa shape index (κ3) is 7.43. The number of carbonyl (C=O) groups is 2. The molecule has 0 amide bonds. The molecule has 0 spiro atoms. The van der Waals surface area contributed by atoms with E-state index >= 15 is 0 Å². The Morgan fingerprint density at radius 2 is 1.31 bits per heavy atom. The zero-order valence-corrected chi connectivity index (χ0v) is 18.0. The zero-order chi connectivity index (χ0) is 22.6. The molecule has 3 rings (SSSR count). The molecular formula is C27H26O5. The van der Waals surface area contributed by atoms with E-state index in [1.54, 1.807) is 6.92 Å². The van der Waals surface area contributed by atoms with Gasteiger partial charge in [0, 0.05) is 18.1 Å². The highest BCUT2D eigenvalue weighted by Crippen LogP contribution is 2.17. The fraction of sp³-hybridized carbons (Fsp3) is 0.185. The first-order chi connectivity index (χ1) is 15.6. The van der Waals surface area contributed by atoms with Crippen LogP contribution in [0.1, 0.15) is 23.6 Å². The Bertz CT molecular complexity index is 1020. The van der Waals surface area contributed by atoms with Crippen molar-refractivity contribution < 1.29 is 23.8 Å². The first-order valence-electron chi connectivity index (χ1n) is 10.5. The SMILES string of the molecule is CCOC(=O)/C(=C\C(=O)OCc1ccccc1)Cc1ccc(OCc2ccccc2)cc1. The lowest BCUT2D eigenvalue weighted by atomic mass is 10.0. The lowest BCUT2D eigenvalue weighted by Crippen LogP contribution is -2.13. The van der Waals surface area contributed by atoms with Gasteiger partial charge >= 0.3 is 11.9 Å². The van der Waals surface area contributed by atoms with Crippen LogP contribution in [0.3, 0.4) is 0 Å². The van der Waals surface area contributed by atoms with Crippen molar-refractivity contribution >= 4 is 11.9 Å². The second-order valence-corrected chi connectivity index (χ2v) is 7.08. The predicted octanol–water partition coefficient (Wildman–Crippen LogP) is 5.04. The topological polar surface area (TPSA) is 61.8 Å². The summed E-state index contributed by atoms with van der Waals surface area (Å²) >= 11 is 0. The Morgan fingerprint density at radius 1 is 0.719 bits per heavy atom. The molecule has 0 unspecified atom stereocenters. The maximum Gasteiger partial charge on any atom is 0.334 e. The number of hydrogen-bond donors (Lipinski definition) is 0. The molecule has 0 aromatic heterocycles. The van der Waals surface area contributed by atoms with Crippen LogP contribution >= 0.6 is 0 Å². The van der Waals surface area contributed by atoms with Crippen LogP contribution < -0.4 is 4.74 Å². The van der Waals surface area contributed by atoms with Gasteiger partial charge < -0.3 is 14.2 Å². The first-order valence-corrected chi connectivity index (χ1v) is 10.5. The molecule has 3 aromatic rings. The largest absolute Gasteiger partial charge is 0.489 e. The normalized spacial score (nSPS) is 11.0. The molecule has 5 heteroatoms. The van der Waals surface area contributed by atoms with E-state index in [0.717, 1.165) is 22.4 Å². The molecule has 0 saturated heterocycles. The molecule has 0 N–H and O–H groups in total. The van der Waals surface area contributed by atoms with Crippen molar-refractivity contribution in [2.75, 3.05) is 6.61 Å². The van der Waals surface area contributed by atoms with Gasteiger partial charge in [0.15, 0.2) is 0 Å². The van der Waals surface area contributed by atoms with Crippen LogP contribution in [0.4, 0.5) is 0 Å². The van der Waals surface area contributed by atoms with Crippen molar-refractivity contribution in [1.82, 2.24) is 0 Å². The zero-order valence-electron chi connectivity index (χ0n) is 18.0. The summed E-state index contributed by atoms with van der Waals surface area (Å²) in [6.07, 6.45) is 1.46. The average Bonchev–Trinajstić information content (AvgIpc) is 2.83. The van der Waals surface area contributed by atoms with Crippen LogP contribution in [0.15, 0.2) is 96.6 Å². The third-order valence-electron chi connectivity index (χ3n) is 4.62. The number of ether oxygens (including phenoxy) is 3. The van der Waals surface area contributed by atoms with Crippen molar-refractivity contribution in [2.24, 2.45) is 0 Å². The highest BCUT2D eigenvalue weighted by Gasteiger charge is 2.15. The summed E-state index contributed by atoms with van der Waals surface area (Å²) in [4.78, 5) is 24.6. The summed E-state index contributed by atoms with van der Waals surface area (Å²) in [5, 5.41) is 0. The van der Waals surface area contributed by atoms with E-state index in [9.17, 15) is 9.59 Å². The van der Waals surface area contributed by atoms with Gasteiger partial charge in [-0.25, -0.2) is 9.59 Å². The Labute approximate surface area is 188 Å². The quantitative estimate of drug-likeness (QED) is 0.333. The van der Waals surface area contributed by atoms with Gasteiger partial charge in [-0.05, 0) is 35.7 Å². The van der Waals surface area contributed by atoms with Gasteiger partial charge in [0.2, 0.25) is 0 Å². The van der Waals surface area contributed by atoms with Gasteiger partial charge in [-0.15, -0.1) is 0 Å². The second kappa shape index (κ2) is 12.1. The predicted molar refractivity (Wildman–Crippen MR) is 122 cm³/mol. The van der Waals surface area contributed by atoms with Gasteiger partial charge in [-0.3, -0.25) is 0 Å². The molecule has 3 aromatic carbocycles. The fourth-order valence-electron chi connectivity index (χ4n) is 2.98. The number of carbonyl (C=O) groups excluding carboxylic acids is 2. The molecular weight excluding hydrogens is 404 g/mol. The van der Waals surface area contributed by atoms with Gasteiger partial charge in [0.1, 0.15) is 19.0 Å². The summed E-state index contributed by atoms with van der Waals surface area (Å²) < 4.78 is 16.2. The van der Waals surface area contributed by atoms with E-state index in [4.69, 9.17) is 14.2 Å². The molecule has 0 aliphatic carbocycles. The molecule has 0 aliphatic heterocycles. The molecule has 0 atom stereocenters. The van der Waals surface area contributed by atoms with E-state index in [0.29, 0.717) is 6.61 Å². The van der Waals surface area contributed by atoms with Crippen molar-refractivity contribution in [2.45, 2.75) is 26.6 Å². The van der Waals surface area contributed by atoms with E-state index in [1.165, 1.54) is 6.08 Å². The summed E-state index contributed by atoms with van der Waals surface area (Å²) in [5.74, 6) is -0.394. The van der Waals surface area contributed by atoms with Gasteiger partial charge in [0.05, 0.1) is 6.61 Å². The van der Waals surface area contributed by atoms with E-state index in [1.807, 2.05) is 84.9 Å². The summed E-state index contributed by atoms with van der Waals surface area (Å²) in [6, 6.07) is 26.7. The van der Waals surface area contributed by atoms with Crippen LogP contribution in [0.25, 0.3) is 0 Å². The Morgan fingerprint density at radius 3 is 1.91 bits per heavy atom. The number of rotatable bonds is 10. The number of hydrogen-bond acceptors (Lipinski definition) is 5. The Balaban J connectivity index is 1.62. The lowest BCUT2D eigenvalue weighted by molar-refractivity contribution is -0.141. The lowest BCUT2D eigenvalue weighted by Gasteiger charge is -2.10. The molecule has 0 saturated carbocycles. The van der Waals surface area contributed by atoms with Crippen molar-refractivity contribution in [1.29, 1.82) is 0 Å². The van der Waals surface area contributed by atoms with Crippen LogP contribution in [-0.4, -0.2) is 18.5 Å². The summed E-state index contributed by atoms with van der Waals surface area (Å²) in [5.41, 5.74) is 3.05. The standard InChI is InChI=1S/C27H26O5/c1-2-30-27(29)24(18-26(28)32-20-23-11-7-4-8-12-23)17-21-13-15-25(16-14-21)31-19-22-9-5-3-6-10-22/h3-16,18H,2,17,19-20H2,1H3/b24-18-. The number of benzene rings is 3. The summed E-state index contributed by atoms with van der Waals surface area (Å²) in [7, 11) is 0. The maximum absolute atomic E-state index is 12.4.